The first-order valence-electron chi connectivity index (χ1n) is 13.1. The summed E-state index contributed by atoms with van der Waals surface area (Å²) in [4.78, 5) is 34.3. The Balaban J connectivity index is 1.27. The topological polar surface area (TPSA) is 43.9 Å². The van der Waals surface area contributed by atoms with Crippen LogP contribution in [-0.2, 0) is 16.0 Å². The van der Waals surface area contributed by atoms with Crippen LogP contribution in [0.15, 0.2) is 66.0 Å². The second kappa shape index (κ2) is 11.2. The number of rotatable bonds is 6. The number of amides is 2. The third-order valence-corrected chi connectivity index (χ3v) is 8.74. The van der Waals surface area contributed by atoms with E-state index in [1.165, 1.54) is 16.5 Å². The number of halogens is 1. The molecular formula is C30H34FN3O2S. The van der Waals surface area contributed by atoms with Crippen molar-refractivity contribution in [2.45, 2.75) is 44.7 Å². The monoisotopic (exact) mass is 519 g/mol. The van der Waals surface area contributed by atoms with E-state index in [9.17, 15) is 14.0 Å². The molecule has 5 nitrogen and oxygen atoms in total. The van der Waals surface area contributed by atoms with Gasteiger partial charge in [-0.05, 0) is 60.0 Å². The van der Waals surface area contributed by atoms with Crippen LogP contribution >= 0.6 is 11.3 Å². The van der Waals surface area contributed by atoms with Crippen LogP contribution in [0.4, 0.5) is 4.39 Å². The maximum atomic E-state index is 14.1. The van der Waals surface area contributed by atoms with Gasteiger partial charge in [0.15, 0.2) is 0 Å². The van der Waals surface area contributed by atoms with Crippen LogP contribution in [0.5, 0.6) is 0 Å². The van der Waals surface area contributed by atoms with E-state index in [0.717, 1.165) is 30.5 Å². The van der Waals surface area contributed by atoms with Gasteiger partial charge in [-0.3, -0.25) is 14.5 Å². The van der Waals surface area contributed by atoms with Crippen molar-refractivity contribution < 1.29 is 14.0 Å². The van der Waals surface area contributed by atoms with Gasteiger partial charge in [0, 0.05) is 37.1 Å². The highest BCUT2D eigenvalue weighted by Crippen LogP contribution is 2.38. The standard InChI is InChI=1S/C30H34FN3O2S/c1-3-25(22-8-5-4-6-9-22)30(36)34-16-15-32(19-21(34)2)28(35)20-33-14-12-27-26(13-17-37-27)29(33)23-10-7-11-24(31)18-23/h4-11,13,17-18,21,25,29H,3,12,14-16,19-20H2,1-2H3. The maximum Gasteiger partial charge on any atom is 0.236 e. The van der Waals surface area contributed by atoms with Crippen molar-refractivity contribution in [1.29, 1.82) is 0 Å². The molecule has 5 rings (SSSR count). The SMILES string of the molecule is CCC(C(=O)N1CCN(C(=O)CN2CCc3sccc3C2c2cccc(F)c2)CC1C)c1ccccc1. The fourth-order valence-electron chi connectivity index (χ4n) is 5.83. The molecule has 7 heteroatoms. The van der Waals surface area contributed by atoms with Crippen LogP contribution in [0.3, 0.4) is 0 Å². The van der Waals surface area contributed by atoms with E-state index in [1.54, 1.807) is 23.5 Å². The number of thiophene rings is 1. The van der Waals surface area contributed by atoms with E-state index < -0.39 is 0 Å². The minimum Gasteiger partial charge on any atom is -0.338 e. The van der Waals surface area contributed by atoms with Gasteiger partial charge in [0.2, 0.25) is 11.8 Å². The van der Waals surface area contributed by atoms with Crippen LogP contribution in [-0.4, -0.2) is 65.3 Å². The van der Waals surface area contributed by atoms with Crippen molar-refractivity contribution in [2.75, 3.05) is 32.7 Å². The summed E-state index contributed by atoms with van der Waals surface area (Å²) in [6, 6.07) is 18.6. The summed E-state index contributed by atoms with van der Waals surface area (Å²) in [6.45, 7) is 6.70. The quantitative estimate of drug-likeness (QED) is 0.456. The minimum absolute atomic E-state index is 0.0492. The number of hydrogen-bond acceptors (Lipinski definition) is 4. The molecule has 3 heterocycles. The number of benzene rings is 2. The first kappa shape index (κ1) is 25.6. The van der Waals surface area contributed by atoms with Gasteiger partial charge in [-0.15, -0.1) is 11.3 Å². The Labute approximate surface area is 222 Å². The third-order valence-electron chi connectivity index (χ3n) is 7.74. The largest absolute Gasteiger partial charge is 0.338 e. The molecule has 0 saturated carbocycles. The van der Waals surface area contributed by atoms with E-state index in [4.69, 9.17) is 0 Å². The zero-order valence-electron chi connectivity index (χ0n) is 21.5. The summed E-state index contributed by atoms with van der Waals surface area (Å²) in [5.41, 5.74) is 3.09. The lowest BCUT2D eigenvalue weighted by molar-refractivity contribution is -0.144. The molecule has 3 unspecified atom stereocenters. The van der Waals surface area contributed by atoms with Gasteiger partial charge in [-0.25, -0.2) is 4.39 Å². The van der Waals surface area contributed by atoms with Gasteiger partial charge in [-0.1, -0.05) is 49.4 Å². The Kier molecular flexibility index (Phi) is 7.72. The second-order valence-corrected chi connectivity index (χ2v) is 11.1. The second-order valence-electron chi connectivity index (χ2n) is 10.1. The van der Waals surface area contributed by atoms with Gasteiger partial charge in [0.25, 0.3) is 0 Å². The first-order valence-corrected chi connectivity index (χ1v) is 14.0. The molecule has 2 aromatic carbocycles. The Bertz CT molecular complexity index is 1250. The zero-order chi connectivity index (χ0) is 25.9. The van der Waals surface area contributed by atoms with E-state index in [-0.39, 0.29) is 42.2 Å². The Morgan fingerprint density at radius 3 is 2.59 bits per heavy atom. The Morgan fingerprint density at radius 2 is 1.86 bits per heavy atom. The predicted molar refractivity (Wildman–Crippen MR) is 145 cm³/mol. The number of hydrogen-bond donors (Lipinski definition) is 0. The Hall–Kier alpha value is -3.03. The van der Waals surface area contributed by atoms with Crippen molar-refractivity contribution in [3.63, 3.8) is 0 Å². The van der Waals surface area contributed by atoms with Crippen molar-refractivity contribution >= 4 is 23.2 Å². The lowest BCUT2D eigenvalue weighted by Gasteiger charge is -2.42. The van der Waals surface area contributed by atoms with E-state index >= 15 is 0 Å². The van der Waals surface area contributed by atoms with E-state index in [1.807, 2.05) is 60.0 Å². The zero-order valence-corrected chi connectivity index (χ0v) is 22.3. The first-order chi connectivity index (χ1) is 18.0. The summed E-state index contributed by atoms with van der Waals surface area (Å²) in [5, 5.41) is 2.08. The molecule has 2 aliphatic rings. The van der Waals surface area contributed by atoms with Crippen molar-refractivity contribution in [3.8, 4) is 0 Å². The molecule has 1 aromatic heterocycles. The fraction of sp³-hybridized carbons (Fsp3) is 0.400. The van der Waals surface area contributed by atoms with E-state index in [0.29, 0.717) is 19.6 Å². The molecule has 1 fully saturated rings. The van der Waals surface area contributed by atoms with Gasteiger partial charge >= 0.3 is 0 Å². The minimum atomic E-state index is -0.262. The fourth-order valence-corrected chi connectivity index (χ4v) is 6.73. The molecule has 2 aliphatic heterocycles. The molecule has 1 saturated heterocycles. The van der Waals surface area contributed by atoms with Crippen LogP contribution in [0, 0.1) is 5.82 Å². The molecule has 0 aliphatic carbocycles. The summed E-state index contributed by atoms with van der Waals surface area (Å²) in [5.74, 6) is -0.220. The summed E-state index contributed by atoms with van der Waals surface area (Å²) >= 11 is 1.73. The molecule has 37 heavy (non-hydrogen) atoms. The molecule has 194 valence electrons. The number of carbonyl (C=O) groups is 2. The third kappa shape index (κ3) is 5.34. The van der Waals surface area contributed by atoms with Crippen molar-refractivity contribution in [3.05, 3.63) is 93.4 Å². The Morgan fingerprint density at radius 1 is 1.05 bits per heavy atom. The lowest BCUT2D eigenvalue weighted by atomic mass is 9.93. The van der Waals surface area contributed by atoms with Gasteiger partial charge in [0.1, 0.15) is 5.82 Å². The predicted octanol–water partition coefficient (Wildman–Crippen LogP) is 5.09. The van der Waals surface area contributed by atoms with Gasteiger partial charge in [-0.2, -0.15) is 0 Å². The normalized spacial score (nSPS) is 20.9. The molecule has 2 amide bonds. The molecule has 0 spiro atoms. The molecule has 0 N–H and O–H groups in total. The number of carbonyl (C=O) groups excluding carboxylic acids is 2. The van der Waals surface area contributed by atoms with Gasteiger partial charge < -0.3 is 9.80 Å². The van der Waals surface area contributed by atoms with E-state index in [2.05, 4.69) is 16.3 Å². The average Bonchev–Trinajstić information content (AvgIpc) is 3.38. The van der Waals surface area contributed by atoms with Gasteiger partial charge in [0.05, 0.1) is 18.5 Å². The summed E-state index contributed by atoms with van der Waals surface area (Å²) in [7, 11) is 0. The van der Waals surface area contributed by atoms with Crippen LogP contribution in [0.2, 0.25) is 0 Å². The lowest BCUT2D eigenvalue weighted by Crippen LogP contribution is -2.57. The summed E-state index contributed by atoms with van der Waals surface area (Å²) in [6.07, 6.45) is 1.64. The average molecular weight is 520 g/mol. The smallest absolute Gasteiger partial charge is 0.236 e. The molecule has 0 radical (unpaired) electrons. The van der Waals surface area contributed by atoms with Crippen LogP contribution in [0.1, 0.15) is 53.8 Å². The maximum absolute atomic E-state index is 14.1. The van der Waals surface area contributed by atoms with Crippen molar-refractivity contribution in [1.82, 2.24) is 14.7 Å². The number of fused-ring (bicyclic) bond motifs is 1. The van der Waals surface area contributed by atoms with Crippen LogP contribution in [0.25, 0.3) is 0 Å². The summed E-state index contributed by atoms with van der Waals surface area (Å²) < 4.78 is 14.1. The highest BCUT2D eigenvalue weighted by molar-refractivity contribution is 7.10. The highest BCUT2D eigenvalue weighted by Gasteiger charge is 2.36. The molecular weight excluding hydrogens is 485 g/mol. The van der Waals surface area contributed by atoms with Crippen LogP contribution < -0.4 is 0 Å². The molecule has 0 bridgehead atoms. The molecule has 3 atom stereocenters. The number of piperazine rings is 1. The van der Waals surface area contributed by atoms with Crippen molar-refractivity contribution in [2.24, 2.45) is 0 Å². The molecule has 3 aromatic rings. The number of nitrogens with zero attached hydrogens (tertiary/aromatic N) is 3. The highest BCUT2D eigenvalue weighted by atomic mass is 32.1.